The highest BCUT2D eigenvalue weighted by Crippen LogP contribution is 2.25. The van der Waals surface area contributed by atoms with E-state index in [1.54, 1.807) is 18.3 Å². The summed E-state index contributed by atoms with van der Waals surface area (Å²) in [4.78, 5) is 6.50. The van der Waals surface area contributed by atoms with Crippen molar-refractivity contribution >= 4 is 0 Å². The third-order valence-corrected chi connectivity index (χ3v) is 4.24. The molecule has 3 rings (SSSR count). The van der Waals surface area contributed by atoms with Gasteiger partial charge < -0.3 is 9.84 Å². The second kappa shape index (κ2) is 6.64. The highest BCUT2D eigenvalue weighted by atomic mass is 19.1. The Morgan fingerprint density at radius 1 is 1.30 bits per heavy atom. The lowest BCUT2D eigenvalue weighted by Gasteiger charge is -2.24. The number of β-amino-alcohol motifs (C(OH)–C–C–N with tert-alkyl or cyclic N) is 1. The van der Waals surface area contributed by atoms with Gasteiger partial charge in [-0.25, -0.2) is 4.39 Å². The van der Waals surface area contributed by atoms with Crippen molar-refractivity contribution in [1.82, 2.24) is 9.88 Å². The van der Waals surface area contributed by atoms with Gasteiger partial charge in [0.15, 0.2) is 0 Å². The molecule has 1 aliphatic rings. The first-order chi connectivity index (χ1) is 11.0. The van der Waals surface area contributed by atoms with Gasteiger partial charge in [0.05, 0.1) is 0 Å². The summed E-state index contributed by atoms with van der Waals surface area (Å²) in [5.74, 6) is 0.274. The molecule has 2 aromatic rings. The van der Waals surface area contributed by atoms with Crippen molar-refractivity contribution in [2.45, 2.75) is 25.5 Å². The van der Waals surface area contributed by atoms with Crippen molar-refractivity contribution in [2.24, 2.45) is 0 Å². The highest BCUT2D eigenvalue weighted by molar-refractivity contribution is 5.22. The molecule has 1 aromatic carbocycles. The summed E-state index contributed by atoms with van der Waals surface area (Å²) in [5, 5.41) is 10.7. The first-order valence-electron chi connectivity index (χ1n) is 7.78. The van der Waals surface area contributed by atoms with E-state index in [1.165, 1.54) is 17.7 Å². The van der Waals surface area contributed by atoms with Crippen LogP contribution >= 0.6 is 0 Å². The SMILES string of the molecule is Cc1ncccc1CN1CC[C@](O)(COc2ccc(F)cc2)C1. The van der Waals surface area contributed by atoms with Gasteiger partial charge >= 0.3 is 0 Å². The molecule has 1 aliphatic heterocycles. The van der Waals surface area contributed by atoms with Crippen LogP contribution in [0.4, 0.5) is 4.39 Å². The third kappa shape index (κ3) is 4.06. The van der Waals surface area contributed by atoms with E-state index >= 15 is 0 Å². The number of likely N-dealkylation sites (tertiary alicyclic amines) is 1. The normalized spacial score (nSPS) is 21.5. The Morgan fingerprint density at radius 2 is 2.09 bits per heavy atom. The molecule has 1 aromatic heterocycles. The molecule has 0 radical (unpaired) electrons. The monoisotopic (exact) mass is 316 g/mol. The van der Waals surface area contributed by atoms with Crippen LogP contribution in [-0.2, 0) is 6.54 Å². The van der Waals surface area contributed by atoms with Crippen molar-refractivity contribution in [1.29, 1.82) is 0 Å². The van der Waals surface area contributed by atoms with Gasteiger partial charge in [0.25, 0.3) is 0 Å². The van der Waals surface area contributed by atoms with Gasteiger partial charge in [-0.2, -0.15) is 0 Å². The number of rotatable bonds is 5. The lowest BCUT2D eigenvalue weighted by molar-refractivity contribution is 0.00334. The van der Waals surface area contributed by atoms with Crippen LogP contribution in [0, 0.1) is 12.7 Å². The van der Waals surface area contributed by atoms with E-state index in [0.29, 0.717) is 18.7 Å². The number of nitrogens with zero attached hydrogens (tertiary/aromatic N) is 2. The fourth-order valence-electron chi connectivity index (χ4n) is 2.87. The van der Waals surface area contributed by atoms with Crippen LogP contribution in [0.25, 0.3) is 0 Å². The number of benzene rings is 1. The van der Waals surface area contributed by atoms with E-state index in [4.69, 9.17) is 4.74 Å². The van der Waals surface area contributed by atoms with Gasteiger partial charge in [0.1, 0.15) is 23.8 Å². The van der Waals surface area contributed by atoms with Crippen molar-refractivity contribution < 1.29 is 14.2 Å². The zero-order chi connectivity index (χ0) is 16.3. The Kier molecular flexibility index (Phi) is 4.59. The highest BCUT2D eigenvalue weighted by Gasteiger charge is 2.36. The Labute approximate surface area is 135 Å². The average Bonchev–Trinajstić information content (AvgIpc) is 2.91. The molecule has 0 spiro atoms. The maximum Gasteiger partial charge on any atom is 0.123 e. The van der Waals surface area contributed by atoms with Crippen LogP contribution in [0.3, 0.4) is 0 Å². The molecule has 0 aliphatic carbocycles. The van der Waals surface area contributed by atoms with Crippen molar-refractivity contribution in [2.75, 3.05) is 19.7 Å². The van der Waals surface area contributed by atoms with Crippen molar-refractivity contribution in [3.05, 3.63) is 59.7 Å². The van der Waals surface area contributed by atoms with E-state index in [2.05, 4.69) is 16.0 Å². The Bertz CT molecular complexity index is 662. The number of aromatic nitrogens is 1. The first-order valence-corrected chi connectivity index (χ1v) is 7.78. The van der Waals surface area contributed by atoms with Gasteiger partial charge in [-0.15, -0.1) is 0 Å². The molecular weight excluding hydrogens is 295 g/mol. The number of ether oxygens (including phenoxy) is 1. The summed E-state index contributed by atoms with van der Waals surface area (Å²) in [6.07, 6.45) is 2.45. The summed E-state index contributed by atoms with van der Waals surface area (Å²) >= 11 is 0. The molecule has 0 unspecified atom stereocenters. The van der Waals surface area contributed by atoms with E-state index in [1.807, 2.05) is 13.0 Å². The van der Waals surface area contributed by atoms with Crippen LogP contribution in [0.1, 0.15) is 17.7 Å². The smallest absolute Gasteiger partial charge is 0.123 e. The second-order valence-corrected chi connectivity index (χ2v) is 6.18. The molecule has 4 nitrogen and oxygen atoms in total. The van der Waals surface area contributed by atoms with Gasteiger partial charge in [-0.05, 0) is 49.2 Å². The van der Waals surface area contributed by atoms with Crippen LogP contribution in [-0.4, -0.2) is 40.3 Å². The molecule has 1 N–H and O–H groups in total. The molecule has 1 saturated heterocycles. The first kappa shape index (κ1) is 15.9. The Balaban J connectivity index is 1.55. The molecule has 5 heteroatoms. The summed E-state index contributed by atoms with van der Waals surface area (Å²) in [6.45, 7) is 4.36. The van der Waals surface area contributed by atoms with Gasteiger partial charge in [0, 0.05) is 31.5 Å². The second-order valence-electron chi connectivity index (χ2n) is 6.18. The predicted octanol–water partition coefficient (Wildman–Crippen LogP) is 2.54. The zero-order valence-electron chi connectivity index (χ0n) is 13.2. The van der Waals surface area contributed by atoms with Gasteiger partial charge in [0.2, 0.25) is 0 Å². The summed E-state index contributed by atoms with van der Waals surface area (Å²) < 4.78 is 18.5. The summed E-state index contributed by atoms with van der Waals surface area (Å²) in [6, 6.07) is 9.85. The molecule has 1 fully saturated rings. The van der Waals surface area contributed by atoms with Crippen LogP contribution in [0.5, 0.6) is 5.75 Å². The number of hydrogen-bond acceptors (Lipinski definition) is 4. The van der Waals surface area contributed by atoms with Crippen molar-refractivity contribution in [3.63, 3.8) is 0 Å². The molecule has 1 atom stereocenters. The Hall–Kier alpha value is -1.98. The Morgan fingerprint density at radius 3 is 2.83 bits per heavy atom. The van der Waals surface area contributed by atoms with Crippen LogP contribution in [0.2, 0.25) is 0 Å². The van der Waals surface area contributed by atoms with Crippen LogP contribution in [0.15, 0.2) is 42.6 Å². The fraction of sp³-hybridized carbons (Fsp3) is 0.389. The van der Waals surface area contributed by atoms with Crippen LogP contribution < -0.4 is 4.74 Å². The molecule has 0 bridgehead atoms. The lowest BCUT2D eigenvalue weighted by Crippen LogP contribution is -2.39. The van der Waals surface area contributed by atoms with E-state index < -0.39 is 5.60 Å². The molecule has 23 heavy (non-hydrogen) atoms. The summed E-state index contributed by atoms with van der Waals surface area (Å²) in [5.41, 5.74) is 1.33. The molecule has 0 amide bonds. The third-order valence-electron chi connectivity index (χ3n) is 4.24. The maximum absolute atomic E-state index is 12.9. The van der Waals surface area contributed by atoms with E-state index in [0.717, 1.165) is 18.8 Å². The number of halogens is 1. The lowest BCUT2D eigenvalue weighted by atomic mass is 10.1. The quantitative estimate of drug-likeness (QED) is 0.921. The largest absolute Gasteiger partial charge is 0.491 e. The number of hydrogen-bond donors (Lipinski definition) is 1. The zero-order valence-corrected chi connectivity index (χ0v) is 13.2. The maximum atomic E-state index is 12.9. The fourth-order valence-corrected chi connectivity index (χ4v) is 2.87. The molecule has 2 heterocycles. The molecule has 122 valence electrons. The van der Waals surface area contributed by atoms with Gasteiger partial charge in [-0.3, -0.25) is 9.88 Å². The number of aryl methyl sites for hydroxylation is 1. The molecular formula is C18H21FN2O2. The minimum absolute atomic E-state index is 0.209. The minimum Gasteiger partial charge on any atom is -0.491 e. The summed E-state index contributed by atoms with van der Waals surface area (Å²) in [7, 11) is 0. The predicted molar refractivity (Wildman–Crippen MR) is 85.7 cm³/mol. The standard InChI is InChI=1S/C18H21FN2O2/c1-14-15(3-2-9-20-14)11-21-10-8-18(22,12-21)13-23-17-6-4-16(19)5-7-17/h2-7,9,22H,8,10-13H2,1H3/t18-/m1/s1. The number of pyridine rings is 1. The van der Waals surface area contributed by atoms with E-state index in [-0.39, 0.29) is 12.4 Å². The topological polar surface area (TPSA) is 45.6 Å². The van der Waals surface area contributed by atoms with E-state index in [9.17, 15) is 9.50 Å². The average molecular weight is 316 g/mol. The molecule has 0 saturated carbocycles. The van der Waals surface area contributed by atoms with Crippen molar-refractivity contribution in [3.8, 4) is 5.75 Å². The van der Waals surface area contributed by atoms with Gasteiger partial charge in [-0.1, -0.05) is 6.07 Å². The minimum atomic E-state index is -0.871. The number of aliphatic hydroxyl groups is 1.